The summed E-state index contributed by atoms with van der Waals surface area (Å²) in [5, 5.41) is 0. The first-order valence-electron chi connectivity index (χ1n) is 6.74. The molecule has 21 heavy (non-hydrogen) atoms. The third kappa shape index (κ3) is 5.62. The number of amides is 2. The number of hydrogen-bond acceptors (Lipinski definition) is 6. The Kier molecular flexibility index (Phi) is 7.66. The highest BCUT2D eigenvalue weighted by molar-refractivity contribution is 8.59. The molecule has 0 aliphatic carbocycles. The minimum Gasteiger partial charge on any atom is -0.447 e. The van der Waals surface area contributed by atoms with E-state index in [1.165, 1.54) is 0 Å². The van der Waals surface area contributed by atoms with Gasteiger partial charge in [-0.05, 0) is 12.3 Å². The molecule has 2 heterocycles. The van der Waals surface area contributed by atoms with Crippen LogP contribution in [0.3, 0.4) is 0 Å². The number of imidazole rings is 1. The van der Waals surface area contributed by atoms with Crippen LogP contribution in [-0.2, 0) is 22.5 Å². The van der Waals surface area contributed by atoms with Crippen molar-refractivity contribution in [2.24, 2.45) is 5.92 Å². The number of rotatable bonds is 5. The number of carbonyl (C=O) groups excluding carboxylic acids is 2. The molecule has 2 rings (SSSR count). The van der Waals surface area contributed by atoms with Crippen molar-refractivity contribution in [1.82, 2.24) is 14.5 Å². The Labute approximate surface area is 135 Å². The number of carbonyl (C=O) groups is 2. The summed E-state index contributed by atoms with van der Waals surface area (Å²) in [6, 6.07) is 0. The lowest BCUT2D eigenvalue weighted by molar-refractivity contribution is -0.127. The zero-order valence-corrected chi connectivity index (χ0v) is 14.0. The molecule has 6 nitrogen and oxygen atoms in total. The van der Waals surface area contributed by atoms with Crippen LogP contribution < -0.4 is 0 Å². The quantitative estimate of drug-likeness (QED) is 0.641. The molecule has 0 aromatic carbocycles. The smallest absolute Gasteiger partial charge is 0.416 e. The van der Waals surface area contributed by atoms with Crippen molar-refractivity contribution in [2.45, 2.75) is 33.2 Å². The molecule has 1 saturated heterocycles. The summed E-state index contributed by atoms with van der Waals surface area (Å²) in [5.74, 6) is 0.378. The number of cyclic esters (lactones) is 1. The maximum absolute atomic E-state index is 11.9. The molecular weight excluding hydrogens is 310 g/mol. The summed E-state index contributed by atoms with van der Waals surface area (Å²) in [5.41, 5.74) is 0.688. The Morgan fingerprint density at radius 1 is 1.48 bits per heavy atom. The third-order valence-corrected chi connectivity index (χ3v) is 3.05. The van der Waals surface area contributed by atoms with Crippen molar-refractivity contribution in [2.75, 3.05) is 13.2 Å². The average molecular weight is 331 g/mol. The Morgan fingerprint density at radius 2 is 2.19 bits per heavy atom. The van der Waals surface area contributed by atoms with Gasteiger partial charge in [0, 0.05) is 12.7 Å². The molecule has 1 aromatic heterocycles. The van der Waals surface area contributed by atoms with Crippen molar-refractivity contribution in [3.8, 4) is 0 Å². The predicted molar refractivity (Wildman–Crippen MR) is 86.4 cm³/mol. The van der Waals surface area contributed by atoms with E-state index >= 15 is 0 Å². The Balaban J connectivity index is 0.00000106. The van der Waals surface area contributed by atoms with E-state index in [-0.39, 0.29) is 18.9 Å². The number of ether oxygens (including phenoxy) is 1. The van der Waals surface area contributed by atoms with Gasteiger partial charge in [0.15, 0.2) is 0 Å². The number of imide groups is 1. The van der Waals surface area contributed by atoms with E-state index < -0.39 is 6.09 Å². The van der Waals surface area contributed by atoms with Crippen molar-refractivity contribution in [3.63, 3.8) is 0 Å². The van der Waals surface area contributed by atoms with Gasteiger partial charge in [0.2, 0.25) is 5.91 Å². The summed E-state index contributed by atoms with van der Waals surface area (Å²) in [7, 11) is 0. The normalized spacial score (nSPS) is 14.0. The zero-order chi connectivity index (χ0) is 15.8. The van der Waals surface area contributed by atoms with Crippen molar-refractivity contribution in [1.29, 1.82) is 0 Å². The largest absolute Gasteiger partial charge is 0.447 e. The second-order valence-electron chi connectivity index (χ2n) is 5.12. The first kappa shape index (κ1) is 17.9. The molecule has 0 saturated carbocycles. The van der Waals surface area contributed by atoms with Gasteiger partial charge in [-0.15, -0.1) is 23.3 Å². The van der Waals surface area contributed by atoms with E-state index in [2.05, 4.69) is 42.2 Å². The standard InChI is InChI=1S/C13H19N3O3.H2S2/c1-10(2)3-4-15-8-11(14-9-15)7-12(17)16-5-6-19-13(16)18;1-2/h8-10H,3-7H2,1-2H3;1-2H. The van der Waals surface area contributed by atoms with Crippen LogP contribution in [0.5, 0.6) is 0 Å². The first-order valence-corrected chi connectivity index (χ1v) is 8.34. The minimum absolute atomic E-state index is 0.143. The van der Waals surface area contributed by atoms with Gasteiger partial charge in [0.25, 0.3) is 0 Å². The van der Waals surface area contributed by atoms with Crippen LogP contribution in [0.25, 0.3) is 0 Å². The molecule has 8 heteroatoms. The molecule has 1 fully saturated rings. The van der Waals surface area contributed by atoms with Gasteiger partial charge in [-0.25, -0.2) is 14.7 Å². The van der Waals surface area contributed by atoms with Gasteiger partial charge in [-0.1, -0.05) is 13.8 Å². The maximum Gasteiger partial charge on any atom is 0.416 e. The van der Waals surface area contributed by atoms with Gasteiger partial charge in [-0.2, -0.15) is 0 Å². The number of hydrogen-bond donors (Lipinski definition) is 2. The molecule has 1 aliphatic rings. The van der Waals surface area contributed by atoms with Gasteiger partial charge in [0.1, 0.15) is 6.61 Å². The van der Waals surface area contributed by atoms with Crippen LogP contribution in [0.1, 0.15) is 26.0 Å². The highest BCUT2D eigenvalue weighted by atomic mass is 33.1. The zero-order valence-electron chi connectivity index (χ0n) is 12.2. The molecule has 0 radical (unpaired) electrons. The lowest BCUT2D eigenvalue weighted by Crippen LogP contribution is -2.32. The van der Waals surface area contributed by atoms with Crippen molar-refractivity contribution in [3.05, 3.63) is 18.2 Å². The van der Waals surface area contributed by atoms with Gasteiger partial charge < -0.3 is 9.30 Å². The van der Waals surface area contributed by atoms with Crippen LogP contribution >= 0.6 is 23.3 Å². The predicted octanol–water partition coefficient (Wildman–Crippen LogP) is 2.21. The molecule has 2 amide bonds. The fraction of sp³-hybridized carbons (Fsp3) is 0.615. The summed E-state index contributed by atoms with van der Waals surface area (Å²) in [6.45, 7) is 5.85. The van der Waals surface area contributed by atoms with Crippen LogP contribution in [0, 0.1) is 5.92 Å². The summed E-state index contributed by atoms with van der Waals surface area (Å²) in [4.78, 5) is 28.4. The molecule has 1 aromatic rings. The summed E-state index contributed by atoms with van der Waals surface area (Å²) >= 11 is 6.44. The van der Waals surface area contributed by atoms with Gasteiger partial charge in [-0.3, -0.25) is 4.79 Å². The monoisotopic (exact) mass is 331 g/mol. The molecule has 118 valence electrons. The van der Waals surface area contributed by atoms with E-state index in [4.69, 9.17) is 4.74 Å². The molecule has 0 N–H and O–H groups in total. The lowest BCUT2D eigenvalue weighted by Gasteiger charge is -2.08. The van der Waals surface area contributed by atoms with Crippen molar-refractivity contribution >= 4 is 35.3 Å². The molecular formula is C13H21N3O3S2. The maximum atomic E-state index is 11.9. The summed E-state index contributed by atoms with van der Waals surface area (Å²) < 4.78 is 6.71. The highest BCUT2D eigenvalue weighted by Crippen LogP contribution is 2.08. The number of aryl methyl sites for hydroxylation is 1. The fourth-order valence-corrected chi connectivity index (χ4v) is 1.90. The number of nitrogens with zero attached hydrogens (tertiary/aromatic N) is 3. The van der Waals surface area contributed by atoms with Crippen molar-refractivity contribution < 1.29 is 14.3 Å². The number of thiol groups is 2. The van der Waals surface area contributed by atoms with Crippen LogP contribution in [-0.4, -0.2) is 39.6 Å². The Hall–Kier alpha value is -1.15. The Morgan fingerprint density at radius 3 is 2.76 bits per heavy atom. The minimum atomic E-state index is -0.552. The van der Waals surface area contributed by atoms with E-state index in [1.807, 2.05) is 10.8 Å². The second kappa shape index (κ2) is 8.99. The second-order valence-corrected chi connectivity index (χ2v) is 5.12. The lowest BCUT2D eigenvalue weighted by atomic mass is 10.1. The molecule has 0 spiro atoms. The average Bonchev–Trinajstić information content (AvgIpc) is 3.07. The van der Waals surface area contributed by atoms with Crippen LogP contribution in [0.15, 0.2) is 12.5 Å². The SMILES string of the molecule is CC(C)CCn1cnc(CC(=O)N2CCOC2=O)c1.SS. The highest BCUT2D eigenvalue weighted by Gasteiger charge is 2.28. The third-order valence-electron chi connectivity index (χ3n) is 3.05. The Bertz CT molecular complexity index is 477. The first-order chi connectivity index (χ1) is 10.1. The van der Waals surface area contributed by atoms with E-state index in [9.17, 15) is 9.59 Å². The van der Waals surface area contributed by atoms with Crippen LogP contribution in [0.2, 0.25) is 0 Å². The topological polar surface area (TPSA) is 64.4 Å². The molecule has 0 bridgehead atoms. The van der Waals surface area contributed by atoms with Crippen LogP contribution in [0.4, 0.5) is 4.79 Å². The van der Waals surface area contributed by atoms with E-state index in [1.54, 1.807) is 6.33 Å². The number of aromatic nitrogens is 2. The van der Waals surface area contributed by atoms with Gasteiger partial charge in [0.05, 0.1) is 25.0 Å². The fourth-order valence-electron chi connectivity index (χ4n) is 1.90. The van der Waals surface area contributed by atoms with E-state index in [0.717, 1.165) is 17.9 Å². The molecule has 0 atom stereocenters. The molecule has 1 aliphatic heterocycles. The van der Waals surface area contributed by atoms with E-state index in [0.29, 0.717) is 18.2 Å². The van der Waals surface area contributed by atoms with Gasteiger partial charge >= 0.3 is 6.09 Å². The molecule has 0 unspecified atom stereocenters. The summed E-state index contributed by atoms with van der Waals surface area (Å²) in [6.07, 6.45) is 4.25.